The first-order chi connectivity index (χ1) is 3.18. The van der Waals surface area contributed by atoms with Gasteiger partial charge < -0.3 is 5.73 Å². The molecule has 0 saturated carbocycles. The van der Waals surface area contributed by atoms with Gasteiger partial charge in [-0.3, -0.25) is 4.79 Å². The van der Waals surface area contributed by atoms with Crippen molar-refractivity contribution in [3.8, 4) is 0 Å². The van der Waals surface area contributed by atoms with Crippen molar-refractivity contribution in [2.45, 2.75) is 6.92 Å². The zero-order chi connectivity index (χ0) is 5.86. The van der Waals surface area contributed by atoms with E-state index in [-0.39, 0.29) is 11.8 Å². The van der Waals surface area contributed by atoms with Crippen LogP contribution < -0.4 is 5.73 Å². The molecule has 42 valence electrons. The van der Waals surface area contributed by atoms with Crippen molar-refractivity contribution in [3.05, 3.63) is 0 Å². The minimum absolute atomic E-state index is 0.193. The number of amides is 1. The molecule has 0 spiro atoms. The molecule has 0 unspecified atom stereocenters. The van der Waals surface area contributed by atoms with Gasteiger partial charge in [0.15, 0.2) is 0 Å². The van der Waals surface area contributed by atoms with E-state index in [2.05, 4.69) is 0 Å². The van der Waals surface area contributed by atoms with E-state index in [9.17, 15) is 4.79 Å². The summed E-state index contributed by atoms with van der Waals surface area (Å²) in [5, 5.41) is 0. The monoisotopic (exact) mass is 121 g/mol. The molecule has 0 radical (unpaired) electrons. The Labute approximate surface area is 47.6 Å². The van der Waals surface area contributed by atoms with Crippen molar-refractivity contribution in [3.63, 3.8) is 0 Å². The van der Waals surface area contributed by atoms with E-state index in [0.717, 1.165) is 0 Å². The molecule has 7 heavy (non-hydrogen) atoms. The minimum atomic E-state index is -0.338. The van der Waals surface area contributed by atoms with Gasteiger partial charge in [0, 0.05) is 11.8 Å². The molecule has 0 saturated heterocycles. The maximum Gasteiger partial charge on any atom is 0.221 e. The van der Waals surface area contributed by atoms with Gasteiger partial charge in [-0.15, -0.1) is 11.6 Å². The zero-order valence-electron chi connectivity index (χ0n) is 4.15. The Morgan fingerprint density at radius 3 is 2.43 bits per heavy atom. The van der Waals surface area contributed by atoms with E-state index >= 15 is 0 Å². The molecule has 1 atom stereocenters. The van der Waals surface area contributed by atoms with Crippen LogP contribution in [0.4, 0.5) is 0 Å². The number of halogens is 1. The number of rotatable bonds is 2. The van der Waals surface area contributed by atoms with Crippen LogP contribution >= 0.6 is 11.6 Å². The second kappa shape index (κ2) is 2.86. The van der Waals surface area contributed by atoms with Crippen LogP contribution in [-0.4, -0.2) is 11.8 Å². The molecule has 0 aliphatic heterocycles. The van der Waals surface area contributed by atoms with E-state index in [1.807, 2.05) is 0 Å². The van der Waals surface area contributed by atoms with Crippen molar-refractivity contribution >= 4 is 17.5 Å². The van der Waals surface area contributed by atoms with Gasteiger partial charge >= 0.3 is 0 Å². The van der Waals surface area contributed by atoms with E-state index in [0.29, 0.717) is 5.88 Å². The quantitative estimate of drug-likeness (QED) is 0.527. The summed E-state index contributed by atoms with van der Waals surface area (Å²) in [4.78, 5) is 10.1. The number of hydrogen-bond donors (Lipinski definition) is 1. The number of hydrogen-bond acceptors (Lipinski definition) is 1. The molecule has 0 bridgehead atoms. The molecule has 0 aromatic heterocycles. The average molecular weight is 122 g/mol. The fraction of sp³-hybridized carbons (Fsp3) is 0.750. The number of carbonyl (C=O) groups is 1. The zero-order valence-corrected chi connectivity index (χ0v) is 4.90. The summed E-state index contributed by atoms with van der Waals surface area (Å²) >= 11 is 5.25. The van der Waals surface area contributed by atoms with Crippen LogP contribution in [0.15, 0.2) is 0 Å². The smallest absolute Gasteiger partial charge is 0.221 e. The van der Waals surface area contributed by atoms with E-state index < -0.39 is 0 Å². The average Bonchev–Trinajstić information content (AvgIpc) is 1.65. The maximum atomic E-state index is 10.1. The highest BCUT2D eigenvalue weighted by Crippen LogP contribution is 1.93. The summed E-state index contributed by atoms with van der Waals surface area (Å²) < 4.78 is 0. The first kappa shape index (κ1) is 6.76. The van der Waals surface area contributed by atoms with Gasteiger partial charge in [-0.1, -0.05) is 6.92 Å². The second-order valence-corrected chi connectivity index (χ2v) is 1.77. The number of primary amides is 1. The summed E-state index contributed by atoms with van der Waals surface area (Å²) in [6, 6.07) is 0. The lowest BCUT2D eigenvalue weighted by molar-refractivity contribution is -0.120. The van der Waals surface area contributed by atoms with Gasteiger partial charge in [-0.25, -0.2) is 0 Å². The van der Waals surface area contributed by atoms with Crippen LogP contribution in [0.25, 0.3) is 0 Å². The molecule has 0 aromatic rings. The first-order valence-electron chi connectivity index (χ1n) is 2.03. The topological polar surface area (TPSA) is 43.1 Å². The first-order valence-corrected chi connectivity index (χ1v) is 2.57. The van der Waals surface area contributed by atoms with Crippen LogP contribution in [0.3, 0.4) is 0 Å². The molecule has 0 aliphatic rings. The lowest BCUT2D eigenvalue weighted by Crippen LogP contribution is -2.21. The largest absolute Gasteiger partial charge is 0.369 e. The molecular formula is C4H8ClNO. The van der Waals surface area contributed by atoms with Gasteiger partial charge in [-0.2, -0.15) is 0 Å². The third kappa shape index (κ3) is 2.45. The second-order valence-electron chi connectivity index (χ2n) is 1.46. The van der Waals surface area contributed by atoms with Gasteiger partial charge in [0.05, 0.1) is 0 Å². The third-order valence-electron chi connectivity index (χ3n) is 0.717. The Morgan fingerprint density at radius 2 is 2.43 bits per heavy atom. The summed E-state index contributed by atoms with van der Waals surface area (Å²) in [5.41, 5.74) is 4.82. The summed E-state index contributed by atoms with van der Waals surface area (Å²) in [6.45, 7) is 1.69. The molecule has 0 aromatic carbocycles. The van der Waals surface area contributed by atoms with E-state index in [4.69, 9.17) is 17.3 Å². The number of carbonyl (C=O) groups excluding carboxylic acids is 1. The summed E-state index contributed by atoms with van der Waals surface area (Å²) in [5.74, 6) is -0.216. The fourth-order valence-electron chi connectivity index (χ4n) is 0.0760. The molecule has 1 amide bonds. The third-order valence-corrected chi connectivity index (χ3v) is 1.18. The van der Waals surface area contributed by atoms with Crippen LogP contribution in [0.2, 0.25) is 0 Å². The van der Waals surface area contributed by atoms with Gasteiger partial charge in [0.25, 0.3) is 0 Å². The minimum Gasteiger partial charge on any atom is -0.369 e. The molecule has 0 rings (SSSR count). The normalized spacial score (nSPS) is 13.4. The number of alkyl halides is 1. The van der Waals surface area contributed by atoms with Gasteiger partial charge in [-0.05, 0) is 0 Å². The summed E-state index contributed by atoms with van der Waals surface area (Å²) in [7, 11) is 0. The van der Waals surface area contributed by atoms with Gasteiger partial charge in [0.1, 0.15) is 0 Å². The van der Waals surface area contributed by atoms with Crippen LogP contribution in [-0.2, 0) is 4.79 Å². The van der Waals surface area contributed by atoms with Crippen molar-refractivity contribution in [2.24, 2.45) is 11.7 Å². The SMILES string of the molecule is C[C@@H](CCl)C(N)=O. The number of nitrogens with two attached hydrogens (primary N) is 1. The highest BCUT2D eigenvalue weighted by atomic mass is 35.5. The Kier molecular flexibility index (Phi) is 2.76. The Hall–Kier alpha value is -0.240. The highest BCUT2D eigenvalue weighted by Gasteiger charge is 2.03. The summed E-state index contributed by atoms with van der Waals surface area (Å²) in [6.07, 6.45) is 0. The van der Waals surface area contributed by atoms with Crippen molar-refractivity contribution < 1.29 is 4.79 Å². The molecule has 3 heteroatoms. The van der Waals surface area contributed by atoms with Crippen LogP contribution in [0.5, 0.6) is 0 Å². The van der Waals surface area contributed by atoms with Crippen LogP contribution in [0.1, 0.15) is 6.92 Å². The highest BCUT2D eigenvalue weighted by molar-refractivity contribution is 6.19. The molecular weight excluding hydrogens is 114 g/mol. The molecule has 0 fully saturated rings. The Bertz CT molecular complexity index is 74.1. The van der Waals surface area contributed by atoms with Crippen molar-refractivity contribution in [2.75, 3.05) is 5.88 Å². The standard InChI is InChI=1S/C4H8ClNO/c1-3(2-5)4(6)7/h3H,2H2,1H3,(H2,6,7)/t3-/m0/s1. The predicted octanol–water partition coefficient (Wildman–Crippen LogP) is 0.347. The Balaban J connectivity index is 3.34. The van der Waals surface area contributed by atoms with Crippen molar-refractivity contribution in [1.29, 1.82) is 0 Å². The van der Waals surface area contributed by atoms with Crippen LogP contribution in [0, 0.1) is 5.92 Å². The predicted molar refractivity (Wildman–Crippen MR) is 29.1 cm³/mol. The lowest BCUT2D eigenvalue weighted by Gasteiger charge is -1.96. The Morgan fingerprint density at radius 1 is 2.00 bits per heavy atom. The fourth-order valence-corrected chi connectivity index (χ4v) is 0.228. The molecule has 2 nitrogen and oxygen atoms in total. The molecule has 0 heterocycles. The van der Waals surface area contributed by atoms with E-state index in [1.165, 1.54) is 0 Å². The maximum absolute atomic E-state index is 10.1. The molecule has 0 aliphatic carbocycles. The van der Waals surface area contributed by atoms with Crippen molar-refractivity contribution in [1.82, 2.24) is 0 Å². The lowest BCUT2D eigenvalue weighted by atomic mass is 10.2. The molecule has 2 N–H and O–H groups in total. The van der Waals surface area contributed by atoms with E-state index in [1.54, 1.807) is 6.92 Å². The van der Waals surface area contributed by atoms with Gasteiger partial charge in [0.2, 0.25) is 5.91 Å².